The van der Waals surface area contributed by atoms with E-state index in [0.29, 0.717) is 5.92 Å². The van der Waals surface area contributed by atoms with Gasteiger partial charge in [-0.15, -0.1) is 11.3 Å². The zero-order valence-electron chi connectivity index (χ0n) is 13.7. The summed E-state index contributed by atoms with van der Waals surface area (Å²) >= 11 is 1.72. The second kappa shape index (κ2) is 6.78. The molecular weight excluding hydrogens is 320 g/mol. The van der Waals surface area contributed by atoms with Gasteiger partial charge in [0.1, 0.15) is 6.33 Å². The zero-order valence-corrected chi connectivity index (χ0v) is 14.5. The van der Waals surface area contributed by atoms with Crippen LogP contribution in [-0.2, 0) is 6.54 Å². The summed E-state index contributed by atoms with van der Waals surface area (Å²) in [6.07, 6.45) is 11.4. The topological polar surface area (TPSA) is 59.7 Å². The molecule has 0 amide bonds. The molecule has 1 atom stereocenters. The highest BCUT2D eigenvalue weighted by atomic mass is 32.1. The number of aromatic nitrogens is 5. The van der Waals surface area contributed by atoms with Gasteiger partial charge in [0.15, 0.2) is 5.82 Å². The largest absolute Gasteiger partial charge is 0.297 e. The first-order valence-corrected chi connectivity index (χ1v) is 9.09. The summed E-state index contributed by atoms with van der Waals surface area (Å²) in [5.74, 6) is 1.26. The average molecular weight is 340 g/mol. The number of nitrogens with zero attached hydrogens (tertiary/aromatic N) is 6. The average Bonchev–Trinajstić information content (AvgIpc) is 3.27. The van der Waals surface area contributed by atoms with Gasteiger partial charge >= 0.3 is 0 Å². The maximum absolute atomic E-state index is 4.80. The van der Waals surface area contributed by atoms with Gasteiger partial charge in [0, 0.05) is 43.0 Å². The van der Waals surface area contributed by atoms with E-state index in [4.69, 9.17) is 4.98 Å². The minimum absolute atomic E-state index is 0.425. The lowest BCUT2D eigenvalue weighted by Gasteiger charge is -2.31. The Morgan fingerprint density at radius 2 is 2.21 bits per heavy atom. The molecule has 1 saturated heterocycles. The van der Waals surface area contributed by atoms with Gasteiger partial charge in [0.2, 0.25) is 0 Å². The molecule has 124 valence electrons. The summed E-state index contributed by atoms with van der Waals surface area (Å²) in [5, 5.41) is 3.30. The summed E-state index contributed by atoms with van der Waals surface area (Å²) in [6, 6.07) is 0. The first-order chi connectivity index (χ1) is 11.8. The van der Waals surface area contributed by atoms with E-state index in [1.54, 1.807) is 30.1 Å². The van der Waals surface area contributed by atoms with Crippen LogP contribution in [0.25, 0.3) is 5.82 Å². The highest BCUT2D eigenvalue weighted by Gasteiger charge is 2.23. The van der Waals surface area contributed by atoms with Crippen molar-refractivity contribution >= 4 is 11.3 Å². The number of aryl methyl sites for hydroxylation is 1. The normalized spacial score (nSPS) is 18.8. The van der Waals surface area contributed by atoms with Crippen LogP contribution >= 0.6 is 11.3 Å². The molecule has 1 fully saturated rings. The van der Waals surface area contributed by atoms with Crippen molar-refractivity contribution in [2.45, 2.75) is 32.2 Å². The second-order valence-corrected chi connectivity index (χ2v) is 7.27. The summed E-state index contributed by atoms with van der Waals surface area (Å²) in [7, 11) is 0. The fourth-order valence-corrected chi connectivity index (χ4v) is 3.84. The van der Waals surface area contributed by atoms with Crippen molar-refractivity contribution in [1.82, 2.24) is 29.4 Å². The van der Waals surface area contributed by atoms with E-state index in [1.807, 2.05) is 17.0 Å². The molecule has 4 heterocycles. The Bertz CT molecular complexity index is 797. The molecule has 0 aromatic carbocycles. The number of likely N-dealkylation sites (tertiary alicyclic amines) is 1. The minimum atomic E-state index is 0.425. The Morgan fingerprint density at radius 3 is 3.00 bits per heavy atom. The van der Waals surface area contributed by atoms with Gasteiger partial charge in [-0.2, -0.15) is 0 Å². The lowest BCUT2D eigenvalue weighted by atomic mass is 9.95. The van der Waals surface area contributed by atoms with Crippen LogP contribution in [0.1, 0.15) is 35.2 Å². The Hall–Kier alpha value is -2.12. The van der Waals surface area contributed by atoms with Crippen LogP contribution in [0.15, 0.2) is 36.5 Å². The molecule has 1 aliphatic rings. The zero-order chi connectivity index (χ0) is 16.4. The van der Waals surface area contributed by atoms with Crippen LogP contribution < -0.4 is 0 Å². The molecule has 0 aliphatic carbocycles. The first kappa shape index (κ1) is 15.4. The molecule has 0 N–H and O–H groups in total. The van der Waals surface area contributed by atoms with E-state index in [0.717, 1.165) is 42.6 Å². The number of imidazole rings is 1. The first-order valence-electron chi connectivity index (χ1n) is 8.21. The molecular formula is C17H20N6S. The van der Waals surface area contributed by atoms with Crippen molar-refractivity contribution in [3.8, 4) is 5.82 Å². The standard InChI is InChI=1S/C17H20N6S/c1-13-20-15(11-24-13)10-22-5-2-3-14(9-22)16-7-19-8-17(21-16)23-6-4-18-12-23/h4,6-8,11-12,14H,2-3,5,9-10H2,1H3. The van der Waals surface area contributed by atoms with Crippen LogP contribution in [0.5, 0.6) is 0 Å². The van der Waals surface area contributed by atoms with Gasteiger partial charge in [-0.25, -0.2) is 15.0 Å². The smallest absolute Gasteiger partial charge is 0.156 e. The highest BCUT2D eigenvalue weighted by Crippen LogP contribution is 2.26. The van der Waals surface area contributed by atoms with Gasteiger partial charge in [-0.05, 0) is 26.3 Å². The number of hydrogen-bond acceptors (Lipinski definition) is 6. The van der Waals surface area contributed by atoms with E-state index in [1.165, 1.54) is 12.1 Å². The molecule has 24 heavy (non-hydrogen) atoms. The lowest BCUT2D eigenvalue weighted by molar-refractivity contribution is 0.196. The fourth-order valence-electron chi connectivity index (χ4n) is 3.24. The third-order valence-corrected chi connectivity index (χ3v) is 5.21. The van der Waals surface area contributed by atoms with Crippen molar-refractivity contribution in [1.29, 1.82) is 0 Å². The second-order valence-electron chi connectivity index (χ2n) is 6.20. The SMILES string of the molecule is Cc1nc(CN2CCCC(c3cncc(-n4ccnc4)n3)C2)cs1. The number of rotatable bonds is 4. The summed E-state index contributed by atoms with van der Waals surface area (Å²) in [5.41, 5.74) is 2.25. The summed E-state index contributed by atoms with van der Waals surface area (Å²) < 4.78 is 1.90. The van der Waals surface area contributed by atoms with E-state index >= 15 is 0 Å². The number of piperidine rings is 1. The monoisotopic (exact) mass is 340 g/mol. The van der Waals surface area contributed by atoms with Crippen LogP contribution in [0.4, 0.5) is 0 Å². The fraction of sp³-hybridized carbons (Fsp3) is 0.412. The maximum Gasteiger partial charge on any atom is 0.156 e. The molecule has 4 rings (SSSR count). The Balaban J connectivity index is 1.48. The van der Waals surface area contributed by atoms with E-state index in [2.05, 4.69) is 32.2 Å². The minimum Gasteiger partial charge on any atom is -0.297 e. The van der Waals surface area contributed by atoms with Crippen molar-refractivity contribution in [3.05, 3.63) is 52.9 Å². The van der Waals surface area contributed by atoms with Crippen molar-refractivity contribution < 1.29 is 0 Å². The Morgan fingerprint density at radius 1 is 1.25 bits per heavy atom. The van der Waals surface area contributed by atoms with Gasteiger partial charge in [-0.1, -0.05) is 0 Å². The number of thiazole rings is 1. The molecule has 0 spiro atoms. The van der Waals surface area contributed by atoms with Crippen LogP contribution in [0, 0.1) is 6.92 Å². The molecule has 3 aromatic heterocycles. The summed E-state index contributed by atoms with van der Waals surface area (Å²) in [4.78, 5) is 20.3. The molecule has 7 heteroatoms. The Labute approximate surface area is 145 Å². The molecule has 0 bridgehead atoms. The van der Waals surface area contributed by atoms with Gasteiger partial charge in [0.05, 0.1) is 22.6 Å². The quantitative estimate of drug-likeness (QED) is 0.731. The van der Waals surface area contributed by atoms with Crippen molar-refractivity contribution in [2.75, 3.05) is 13.1 Å². The third-order valence-electron chi connectivity index (χ3n) is 4.39. The van der Waals surface area contributed by atoms with E-state index in [-0.39, 0.29) is 0 Å². The lowest BCUT2D eigenvalue weighted by Crippen LogP contribution is -2.34. The highest BCUT2D eigenvalue weighted by molar-refractivity contribution is 7.09. The van der Waals surface area contributed by atoms with E-state index in [9.17, 15) is 0 Å². The molecule has 1 aliphatic heterocycles. The Kier molecular flexibility index (Phi) is 4.36. The number of hydrogen-bond donors (Lipinski definition) is 0. The van der Waals surface area contributed by atoms with E-state index < -0.39 is 0 Å². The molecule has 3 aromatic rings. The van der Waals surface area contributed by atoms with Gasteiger partial charge in [0.25, 0.3) is 0 Å². The molecule has 1 unspecified atom stereocenters. The predicted octanol–water partition coefficient (Wildman–Crippen LogP) is 2.81. The van der Waals surface area contributed by atoms with Crippen LogP contribution in [-0.4, -0.2) is 42.5 Å². The molecule has 0 radical (unpaired) electrons. The van der Waals surface area contributed by atoms with Gasteiger partial charge < -0.3 is 0 Å². The molecule has 0 saturated carbocycles. The van der Waals surface area contributed by atoms with Crippen molar-refractivity contribution in [3.63, 3.8) is 0 Å². The van der Waals surface area contributed by atoms with Crippen molar-refractivity contribution in [2.24, 2.45) is 0 Å². The molecule has 6 nitrogen and oxygen atoms in total. The summed E-state index contributed by atoms with van der Waals surface area (Å²) in [6.45, 7) is 5.13. The third kappa shape index (κ3) is 3.37. The van der Waals surface area contributed by atoms with Gasteiger partial charge in [-0.3, -0.25) is 14.5 Å². The predicted molar refractivity (Wildman–Crippen MR) is 93.3 cm³/mol. The van der Waals surface area contributed by atoms with Crippen LogP contribution in [0.2, 0.25) is 0 Å². The maximum atomic E-state index is 4.80. The van der Waals surface area contributed by atoms with Crippen LogP contribution in [0.3, 0.4) is 0 Å².